The van der Waals surface area contributed by atoms with Gasteiger partial charge in [-0.15, -0.1) is 0 Å². The van der Waals surface area contributed by atoms with Crippen molar-refractivity contribution in [3.63, 3.8) is 0 Å². The number of hydrazine groups is 1. The van der Waals surface area contributed by atoms with E-state index in [0.717, 1.165) is 39.0 Å². The Balaban J connectivity index is 0.000000337. The van der Waals surface area contributed by atoms with Crippen LogP contribution in [0.2, 0.25) is 0 Å². The molecule has 0 aromatic rings. The minimum absolute atomic E-state index is 0.278. The molecule has 86 valence electrons. The largest absolute Gasteiger partial charge is 0.304 e. The minimum atomic E-state index is 0.278. The fraction of sp³-hybridized carbons (Fsp3) is 0.800. The van der Waals surface area contributed by atoms with Crippen molar-refractivity contribution in [1.82, 2.24) is 15.3 Å². The molecule has 1 N–H and O–H groups in total. The third kappa shape index (κ3) is 3.60. The molecule has 1 amide bonds. The van der Waals surface area contributed by atoms with Crippen LogP contribution in [0.3, 0.4) is 0 Å². The maximum absolute atomic E-state index is 11.5. The number of nitrogens with zero attached hydrogens (tertiary/aromatic N) is 2. The third-order valence-electron chi connectivity index (χ3n) is 2.48. The summed E-state index contributed by atoms with van der Waals surface area (Å²) in [7, 11) is 0. The van der Waals surface area contributed by atoms with E-state index in [0.29, 0.717) is 6.42 Å². The highest BCUT2D eigenvalue weighted by Crippen LogP contribution is 2.12. The molecule has 2 aliphatic rings. The van der Waals surface area contributed by atoms with E-state index in [1.54, 1.807) is 0 Å². The molecule has 0 atom stereocenters. The van der Waals surface area contributed by atoms with E-state index in [1.165, 1.54) is 13.3 Å². The molecule has 0 radical (unpaired) electrons. The monoisotopic (exact) mass is 213 g/mol. The molecule has 2 aliphatic heterocycles. The first-order valence-corrected chi connectivity index (χ1v) is 5.45. The summed E-state index contributed by atoms with van der Waals surface area (Å²) < 4.78 is 0. The zero-order valence-electron chi connectivity index (χ0n) is 9.24. The molecule has 5 heteroatoms. The first-order valence-electron chi connectivity index (χ1n) is 5.45. The van der Waals surface area contributed by atoms with Crippen molar-refractivity contribution in [3.05, 3.63) is 0 Å². The Morgan fingerprint density at radius 1 is 1.33 bits per heavy atom. The molecule has 0 saturated carbocycles. The molecule has 2 rings (SSSR count). The van der Waals surface area contributed by atoms with Crippen molar-refractivity contribution in [2.75, 3.05) is 26.3 Å². The van der Waals surface area contributed by atoms with Gasteiger partial charge in [0.15, 0.2) is 0 Å². The van der Waals surface area contributed by atoms with Gasteiger partial charge < -0.3 is 10.1 Å². The van der Waals surface area contributed by atoms with Crippen LogP contribution in [0.25, 0.3) is 0 Å². The van der Waals surface area contributed by atoms with Crippen LogP contribution in [-0.4, -0.2) is 48.5 Å². The highest BCUT2D eigenvalue weighted by atomic mass is 16.2. The molecule has 2 fully saturated rings. The molecular weight excluding hydrogens is 194 g/mol. The minimum Gasteiger partial charge on any atom is -0.304 e. The summed E-state index contributed by atoms with van der Waals surface area (Å²) in [6, 6.07) is 0. The van der Waals surface area contributed by atoms with Gasteiger partial charge in [-0.1, -0.05) is 0 Å². The Hall–Kier alpha value is -0.940. The Morgan fingerprint density at radius 2 is 2.00 bits per heavy atom. The summed E-state index contributed by atoms with van der Waals surface area (Å²) >= 11 is 0. The smallest absolute Gasteiger partial charge is 0.238 e. The molecule has 0 aromatic heterocycles. The van der Waals surface area contributed by atoms with Gasteiger partial charge in [-0.05, 0) is 19.8 Å². The number of nitrogens with one attached hydrogen (secondary N) is 1. The van der Waals surface area contributed by atoms with Gasteiger partial charge in [-0.25, -0.2) is 5.01 Å². The second-order valence-electron chi connectivity index (χ2n) is 3.60. The number of amides is 1. The average Bonchev–Trinajstić information content (AvgIpc) is 2.43. The number of hydrogen-bond donors (Lipinski definition) is 1. The number of carbonyl (C=O) groups is 2. The van der Waals surface area contributed by atoms with Crippen molar-refractivity contribution in [2.24, 2.45) is 0 Å². The highest BCUT2D eigenvalue weighted by molar-refractivity contribution is 5.76. The van der Waals surface area contributed by atoms with E-state index in [4.69, 9.17) is 4.79 Å². The maximum Gasteiger partial charge on any atom is 0.238 e. The predicted molar refractivity (Wildman–Crippen MR) is 56.9 cm³/mol. The van der Waals surface area contributed by atoms with E-state index >= 15 is 0 Å². The average molecular weight is 213 g/mol. The van der Waals surface area contributed by atoms with Crippen LogP contribution in [0.1, 0.15) is 26.2 Å². The molecule has 0 bridgehead atoms. The lowest BCUT2D eigenvalue weighted by atomic mass is 10.2. The van der Waals surface area contributed by atoms with Gasteiger partial charge in [-0.3, -0.25) is 9.80 Å². The van der Waals surface area contributed by atoms with Crippen LogP contribution in [-0.2, 0) is 9.59 Å². The maximum atomic E-state index is 11.5. The van der Waals surface area contributed by atoms with Gasteiger partial charge in [0.2, 0.25) is 5.91 Å². The van der Waals surface area contributed by atoms with Crippen molar-refractivity contribution in [3.8, 4) is 0 Å². The lowest BCUT2D eigenvalue weighted by Gasteiger charge is -2.36. The predicted octanol–water partition coefficient (Wildman–Crippen LogP) is -0.0182. The SMILES string of the molecule is CC=O.O=C1CCNCN2CCCCN12. The van der Waals surface area contributed by atoms with Gasteiger partial charge >= 0.3 is 0 Å². The molecule has 0 unspecified atom stereocenters. The van der Waals surface area contributed by atoms with Crippen LogP contribution in [0.4, 0.5) is 0 Å². The standard InChI is InChI=1S/C8H15N3O.C2H4O/c12-8-3-4-9-7-10-5-1-2-6-11(8)10;1-2-3/h9H,1-7H2;2H,1H3. The first kappa shape index (κ1) is 12.1. The number of hydrogen-bond acceptors (Lipinski definition) is 4. The summed E-state index contributed by atoms with van der Waals surface area (Å²) in [6.45, 7) is 5.05. The van der Waals surface area contributed by atoms with E-state index < -0.39 is 0 Å². The molecule has 0 aliphatic carbocycles. The zero-order valence-corrected chi connectivity index (χ0v) is 9.24. The van der Waals surface area contributed by atoms with E-state index in [9.17, 15) is 4.79 Å². The van der Waals surface area contributed by atoms with Gasteiger partial charge in [0.1, 0.15) is 6.29 Å². The van der Waals surface area contributed by atoms with Crippen LogP contribution >= 0.6 is 0 Å². The lowest BCUT2D eigenvalue weighted by molar-refractivity contribution is -0.150. The second-order valence-corrected chi connectivity index (χ2v) is 3.60. The normalized spacial score (nSPS) is 22.2. The number of fused-ring (bicyclic) bond motifs is 1. The molecule has 0 aromatic carbocycles. The first-order chi connectivity index (χ1) is 7.29. The number of aldehydes is 1. The van der Waals surface area contributed by atoms with Crippen molar-refractivity contribution >= 4 is 12.2 Å². The molecule has 5 nitrogen and oxygen atoms in total. The Morgan fingerprint density at radius 3 is 2.73 bits per heavy atom. The van der Waals surface area contributed by atoms with Crippen molar-refractivity contribution in [1.29, 1.82) is 0 Å². The summed E-state index contributed by atoms with van der Waals surface area (Å²) in [5.74, 6) is 0.278. The fourth-order valence-electron chi connectivity index (χ4n) is 1.80. The topological polar surface area (TPSA) is 52.7 Å². The van der Waals surface area contributed by atoms with Crippen LogP contribution in [0, 0.1) is 0 Å². The van der Waals surface area contributed by atoms with Crippen molar-refractivity contribution < 1.29 is 9.59 Å². The molecule has 2 saturated heterocycles. The number of rotatable bonds is 0. The van der Waals surface area contributed by atoms with E-state index in [2.05, 4.69) is 10.3 Å². The molecule has 15 heavy (non-hydrogen) atoms. The summed E-state index contributed by atoms with van der Waals surface area (Å²) in [6.07, 6.45) is 3.77. The summed E-state index contributed by atoms with van der Waals surface area (Å²) in [5, 5.41) is 7.27. The summed E-state index contributed by atoms with van der Waals surface area (Å²) in [4.78, 5) is 20.3. The third-order valence-corrected chi connectivity index (χ3v) is 2.48. The molecule has 0 spiro atoms. The Kier molecular flexibility index (Phi) is 5.28. The summed E-state index contributed by atoms with van der Waals surface area (Å²) in [5.41, 5.74) is 0. The lowest BCUT2D eigenvalue weighted by Crippen LogP contribution is -2.50. The van der Waals surface area contributed by atoms with E-state index in [1.807, 2.05) is 5.01 Å². The van der Waals surface area contributed by atoms with Gasteiger partial charge in [0.25, 0.3) is 0 Å². The fourth-order valence-corrected chi connectivity index (χ4v) is 1.80. The van der Waals surface area contributed by atoms with Crippen LogP contribution in [0.5, 0.6) is 0 Å². The second kappa shape index (κ2) is 6.53. The Bertz CT molecular complexity index is 221. The van der Waals surface area contributed by atoms with E-state index in [-0.39, 0.29) is 5.91 Å². The Labute approximate surface area is 90.4 Å². The quantitative estimate of drug-likeness (QED) is 0.575. The zero-order chi connectivity index (χ0) is 11.1. The van der Waals surface area contributed by atoms with Gasteiger partial charge in [-0.2, -0.15) is 0 Å². The molecule has 2 heterocycles. The number of carbonyl (C=O) groups excluding carboxylic acids is 2. The van der Waals surface area contributed by atoms with Crippen LogP contribution in [0.15, 0.2) is 0 Å². The van der Waals surface area contributed by atoms with Crippen LogP contribution < -0.4 is 5.32 Å². The molecular formula is C10H19N3O2. The highest BCUT2D eigenvalue weighted by Gasteiger charge is 2.25. The van der Waals surface area contributed by atoms with Crippen molar-refractivity contribution in [2.45, 2.75) is 26.2 Å². The van der Waals surface area contributed by atoms with Gasteiger partial charge in [0.05, 0.1) is 6.67 Å². The van der Waals surface area contributed by atoms with Gasteiger partial charge in [0, 0.05) is 26.1 Å².